The molecule has 2 rings (SSSR count). The van der Waals surface area contributed by atoms with Crippen LogP contribution in [0.25, 0.3) is 0 Å². The van der Waals surface area contributed by atoms with E-state index in [2.05, 4.69) is 0 Å². The predicted octanol–water partition coefficient (Wildman–Crippen LogP) is 0.769. The minimum absolute atomic E-state index is 0.0174. The molecule has 3 nitrogen and oxygen atoms in total. The maximum Gasteiger partial charge on any atom is 0.172 e. The molecule has 0 radical (unpaired) electrons. The fourth-order valence-corrected chi connectivity index (χ4v) is 2.22. The zero-order valence-electron chi connectivity index (χ0n) is 7.50. The van der Waals surface area contributed by atoms with E-state index in [1.807, 2.05) is 6.92 Å². The predicted molar refractivity (Wildman–Crippen MR) is 42.9 cm³/mol. The van der Waals surface area contributed by atoms with Gasteiger partial charge in [0.15, 0.2) is 5.78 Å². The van der Waals surface area contributed by atoms with Crippen molar-refractivity contribution in [3.8, 4) is 0 Å². The van der Waals surface area contributed by atoms with Crippen LogP contribution in [0, 0.1) is 5.92 Å². The topological polar surface area (TPSA) is 35.5 Å². The molecule has 0 spiro atoms. The number of fused-ring (bicyclic) bond motifs is 1. The summed E-state index contributed by atoms with van der Waals surface area (Å²) in [5.74, 6) is 0.332. The van der Waals surface area contributed by atoms with E-state index in [0.29, 0.717) is 0 Å². The average Bonchev–Trinajstić information content (AvgIpc) is 2.16. The summed E-state index contributed by atoms with van der Waals surface area (Å²) in [6.07, 6.45) is 2.00. The summed E-state index contributed by atoms with van der Waals surface area (Å²) in [5, 5.41) is 0. The minimum Gasteiger partial charge on any atom is -0.374 e. The molecule has 3 heteroatoms. The van der Waals surface area contributed by atoms with Gasteiger partial charge in [0, 0.05) is 13.7 Å². The molecular formula is C9H14O3. The van der Waals surface area contributed by atoms with Gasteiger partial charge >= 0.3 is 0 Å². The molecule has 2 aliphatic rings. The fourth-order valence-electron chi connectivity index (χ4n) is 2.22. The number of methoxy groups -OCH3 is 1. The molecule has 0 amide bonds. The maximum atomic E-state index is 11.5. The fraction of sp³-hybridized carbons (Fsp3) is 0.889. The van der Waals surface area contributed by atoms with E-state index >= 15 is 0 Å². The molecule has 1 heterocycles. The summed E-state index contributed by atoms with van der Waals surface area (Å²) in [6, 6.07) is 0. The van der Waals surface area contributed by atoms with Gasteiger partial charge in [-0.15, -0.1) is 0 Å². The molecular weight excluding hydrogens is 156 g/mol. The maximum absolute atomic E-state index is 11.5. The van der Waals surface area contributed by atoms with Gasteiger partial charge < -0.3 is 9.47 Å². The van der Waals surface area contributed by atoms with Gasteiger partial charge in [0.2, 0.25) is 0 Å². The molecule has 3 atom stereocenters. The van der Waals surface area contributed by atoms with E-state index < -0.39 is 5.60 Å². The molecule has 0 unspecified atom stereocenters. The Morgan fingerprint density at radius 2 is 2.42 bits per heavy atom. The van der Waals surface area contributed by atoms with Crippen LogP contribution in [0.4, 0.5) is 0 Å². The van der Waals surface area contributed by atoms with Crippen LogP contribution in [-0.2, 0) is 14.3 Å². The second-order valence-electron chi connectivity index (χ2n) is 3.72. The highest BCUT2D eigenvalue weighted by atomic mass is 16.6. The van der Waals surface area contributed by atoms with Crippen LogP contribution in [0.3, 0.4) is 0 Å². The first-order valence-electron chi connectivity index (χ1n) is 4.41. The monoisotopic (exact) mass is 170 g/mol. The van der Waals surface area contributed by atoms with Crippen LogP contribution < -0.4 is 0 Å². The van der Waals surface area contributed by atoms with Crippen molar-refractivity contribution in [2.45, 2.75) is 31.5 Å². The van der Waals surface area contributed by atoms with Gasteiger partial charge in [-0.2, -0.15) is 0 Å². The van der Waals surface area contributed by atoms with Crippen LogP contribution >= 0.6 is 0 Å². The molecule has 0 aromatic rings. The Morgan fingerprint density at radius 3 is 3.08 bits per heavy atom. The summed E-state index contributed by atoms with van der Waals surface area (Å²) >= 11 is 0. The standard InChI is InChI=1S/C9H14O3/c1-9(11-2)7(10)6-4-3-5-12-8(6)9/h6,8H,3-5H2,1-2H3/t6-,8-,9-/m0/s1. The van der Waals surface area contributed by atoms with E-state index in [9.17, 15) is 4.79 Å². The summed E-state index contributed by atoms with van der Waals surface area (Å²) in [5.41, 5.74) is -0.648. The van der Waals surface area contributed by atoms with Gasteiger partial charge in [-0.1, -0.05) is 0 Å². The quantitative estimate of drug-likeness (QED) is 0.583. The number of ether oxygens (including phenoxy) is 2. The van der Waals surface area contributed by atoms with E-state index in [4.69, 9.17) is 9.47 Å². The lowest BCUT2D eigenvalue weighted by Crippen LogP contribution is -2.68. The van der Waals surface area contributed by atoms with Crippen molar-refractivity contribution in [3.05, 3.63) is 0 Å². The summed E-state index contributed by atoms with van der Waals surface area (Å²) < 4.78 is 10.7. The lowest BCUT2D eigenvalue weighted by Gasteiger charge is -2.51. The van der Waals surface area contributed by atoms with E-state index in [1.165, 1.54) is 0 Å². The number of carbonyl (C=O) groups excluding carboxylic acids is 1. The summed E-state index contributed by atoms with van der Waals surface area (Å²) in [6.45, 7) is 2.59. The van der Waals surface area contributed by atoms with Crippen molar-refractivity contribution in [1.29, 1.82) is 0 Å². The normalized spacial score (nSPS) is 46.7. The van der Waals surface area contributed by atoms with Gasteiger partial charge in [-0.3, -0.25) is 4.79 Å². The Balaban J connectivity index is 2.15. The Hall–Kier alpha value is -0.410. The van der Waals surface area contributed by atoms with Crippen LogP contribution in [0.2, 0.25) is 0 Å². The molecule has 1 aliphatic carbocycles. The minimum atomic E-state index is -0.648. The van der Waals surface area contributed by atoms with Crippen molar-refractivity contribution in [1.82, 2.24) is 0 Å². The molecule has 0 N–H and O–H groups in total. The van der Waals surface area contributed by atoms with Crippen molar-refractivity contribution in [3.63, 3.8) is 0 Å². The number of Topliss-reactive ketones (excluding diaryl/α,β-unsaturated/α-hetero) is 1. The molecule has 1 saturated heterocycles. The van der Waals surface area contributed by atoms with E-state index in [-0.39, 0.29) is 17.8 Å². The Kier molecular flexibility index (Phi) is 1.73. The lowest BCUT2D eigenvalue weighted by molar-refractivity contribution is -0.218. The first kappa shape index (κ1) is 8.20. The highest BCUT2D eigenvalue weighted by Gasteiger charge is 2.61. The van der Waals surface area contributed by atoms with Crippen LogP contribution in [0.15, 0.2) is 0 Å². The smallest absolute Gasteiger partial charge is 0.172 e. The van der Waals surface area contributed by atoms with Crippen molar-refractivity contribution in [2.75, 3.05) is 13.7 Å². The average molecular weight is 170 g/mol. The highest BCUT2D eigenvalue weighted by molar-refractivity contribution is 5.97. The van der Waals surface area contributed by atoms with Gasteiger partial charge in [-0.05, 0) is 19.8 Å². The highest BCUT2D eigenvalue weighted by Crippen LogP contribution is 2.43. The molecule has 0 aromatic carbocycles. The Labute approximate surface area is 72.0 Å². The van der Waals surface area contributed by atoms with Gasteiger partial charge in [0.25, 0.3) is 0 Å². The second kappa shape index (κ2) is 2.54. The van der Waals surface area contributed by atoms with Crippen LogP contribution in [0.1, 0.15) is 19.8 Å². The summed E-state index contributed by atoms with van der Waals surface area (Å²) in [4.78, 5) is 11.5. The largest absolute Gasteiger partial charge is 0.374 e. The number of hydrogen-bond donors (Lipinski definition) is 0. The number of hydrogen-bond acceptors (Lipinski definition) is 3. The second-order valence-corrected chi connectivity index (χ2v) is 3.72. The first-order chi connectivity index (χ1) is 5.70. The third-order valence-electron chi connectivity index (χ3n) is 3.12. The number of ketones is 1. The third kappa shape index (κ3) is 0.808. The van der Waals surface area contributed by atoms with E-state index in [1.54, 1.807) is 7.11 Å². The number of rotatable bonds is 1. The van der Waals surface area contributed by atoms with Crippen molar-refractivity contribution >= 4 is 5.78 Å². The first-order valence-corrected chi connectivity index (χ1v) is 4.41. The van der Waals surface area contributed by atoms with Crippen LogP contribution in [0.5, 0.6) is 0 Å². The third-order valence-corrected chi connectivity index (χ3v) is 3.12. The molecule has 2 fully saturated rings. The van der Waals surface area contributed by atoms with E-state index in [0.717, 1.165) is 19.4 Å². The Bertz CT molecular complexity index is 214. The molecule has 12 heavy (non-hydrogen) atoms. The van der Waals surface area contributed by atoms with Gasteiger partial charge in [-0.25, -0.2) is 0 Å². The van der Waals surface area contributed by atoms with Gasteiger partial charge in [0.1, 0.15) is 11.7 Å². The molecule has 1 saturated carbocycles. The molecule has 68 valence electrons. The summed E-state index contributed by atoms with van der Waals surface area (Å²) in [7, 11) is 1.58. The lowest BCUT2D eigenvalue weighted by atomic mass is 9.64. The molecule has 0 bridgehead atoms. The van der Waals surface area contributed by atoms with Gasteiger partial charge in [0.05, 0.1) is 5.92 Å². The number of carbonyl (C=O) groups is 1. The zero-order valence-corrected chi connectivity index (χ0v) is 7.50. The SMILES string of the molecule is CO[C@@]1(C)C(=O)[C@@H]2CCCO[C@@H]21. The molecule has 1 aliphatic heterocycles. The zero-order chi connectivity index (χ0) is 8.77. The van der Waals surface area contributed by atoms with Crippen molar-refractivity contribution in [2.24, 2.45) is 5.92 Å². The molecule has 0 aromatic heterocycles. The van der Waals surface area contributed by atoms with Crippen LogP contribution in [-0.4, -0.2) is 31.2 Å². The van der Waals surface area contributed by atoms with Crippen molar-refractivity contribution < 1.29 is 14.3 Å². The Morgan fingerprint density at radius 1 is 1.67 bits per heavy atom.